The molecule has 0 radical (unpaired) electrons. The van der Waals surface area contributed by atoms with Crippen molar-refractivity contribution < 1.29 is 19.4 Å². The minimum absolute atomic E-state index is 0.0540. The molecule has 0 unspecified atom stereocenters. The van der Waals surface area contributed by atoms with Crippen molar-refractivity contribution in [1.82, 2.24) is 9.88 Å². The number of Topliss-reactive ketones (excluding diaryl/α,β-unsaturated/α-hetero) is 1. The molecule has 1 atom stereocenters. The van der Waals surface area contributed by atoms with Gasteiger partial charge in [-0.05, 0) is 57.2 Å². The summed E-state index contributed by atoms with van der Waals surface area (Å²) in [6.45, 7) is 4.29. The highest BCUT2D eigenvalue weighted by atomic mass is 16.5. The number of aromatic nitrogens is 1. The van der Waals surface area contributed by atoms with Crippen LogP contribution in [0.3, 0.4) is 0 Å². The molecule has 6 heteroatoms. The second-order valence-corrected chi connectivity index (χ2v) is 7.83. The van der Waals surface area contributed by atoms with Crippen LogP contribution in [0.2, 0.25) is 0 Å². The van der Waals surface area contributed by atoms with Gasteiger partial charge in [-0.15, -0.1) is 0 Å². The fourth-order valence-corrected chi connectivity index (χ4v) is 3.30. The number of ketones is 1. The van der Waals surface area contributed by atoms with E-state index >= 15 is 0 Å². The number of nitrogens with zero attached hydrogens (tertiary/aromatic N) is 1. The number of rotatable bonds is 13. The van der Waals surface area contributed by atoms with E-state index in [-0.39, 0.29) is 19.1 Å². The number of aryl methyl sites for hydroxylation is 3. The second-order valence-electron chi connectivity index (χ2n) is 7.83. The van der Waals surface area contributed by atoms with E-state index in [4.69, 9.17) is 0 Å². The molecule has 0 saturated carbocycles. The van der Waals surface area contributed by atoms with Gasteiger partial charge in [0.15, 0.2) is 5.78 Å². The van der Waals surface area contributed by atoms with Crippen LogP contribution in [0.1, 0.15) is 53.5 Å². The highest BCUT2D eigenvalue weighted by Gasteiger charge is 2.23. The number of ether oxygens (including phenoxy) is 1. The molecule has 1 aromatic heterocycles. The Labute approximate surface area is 172 Å². The molecule has 0 saturated heterocycles. The van der Waals surface area contributed by atoms with E-state index in [2.05, 4.69) is 41.2 Å². The van der Waals surface area contributed by atoms with Crippen LogP contribution in [-0.4, -0.2) is 40.8 Å². The van der Waals surface area contributed by atoms with E-state index in [1.54, 1.807) is 0 Å². The summed E-state index contributed by atoms with van der Waals surface area (Å²) in [6.07, 6.45) is 3.57. The first-order chi connectivity index (χ1) is 13.9. The quantitative estimate of drug-likeness (QED) is 0.234. The minimum atomic E-state index is -0.564. The lowest BCUT2D eigenvalue weighted by atomic mass is 9.96. The monoisotopic (exact) mass is 400 g/mol. The van der Waals surface area contributed by atoms with Crippen molar-refractivity contribution in [3.63, 3.8) is 0 Å². The molecule has 0 amide bonds. The molecule has 0 fully saturated rings. The first-order valence-corrected chi connectivity index (χ1v) is 10.0. The maximum Gasteiger partial charge on any atom is 0.294 e. The number of aliphatic hydroxyl groups excluding tert-OH is 1. The topological polar surface area (TPSA) is 80.6 Å². The summed E-state index contributed by atoms with van der Waals surface area (Å²) >= 11 is 0. The van der Waals surface area contributed by atoms with Gasteiger partial charge in [-0.3, -0.25) is 14.9 Å². The Kier molecular flexibility index (Phi) is 8.61. The molecule has 0 aliphatic heterocycles. The van der Waals surface area contributed by atoms with Gasteiger partial charge in [0.05, 0.1) is 12.3 Å². The van der Waals surface area contributed by atoms with Gasteiger partial charge in [-0.2, -0.15) is 0 Å². The van der Waals surface area contributed by atoms with Crippen LogP contribution in [0.15, 0.2) is 36.4 Å². The maximum atomic E-state index is 12.6. The van der Waals surface area contributed by atoms with Gasteiger partial charge in [0.25, 0.3) is 6.47 Å². The largest absolute Gasteiger partial charge is 0.452 e. The van der Waals surface area contributed by atoms with Crippen LogP contribution in [0.4, 0.5) is 0 Å². The van der Waals surface area contributed by atoms with Crippen molar-refractivity contribution in [3.05, 3.63) is 58.9 Å². The van der Waals surface area contributed by atoms with Crippen LogP contribution >= 0.6 is 0 Å². The van der Waals surface area contributed by atoms with E-state index in [0.29, 0.717) is 31.4 Å². The summed E-state index contributed by atoms with van der Waals surface area (Å²) < 4.78 is 6.60. The molecule has 6 nitrogen and oxygen atoms in total. The molecule has 0 aliphatic rings. The van der Waals surface area contributed by atoms with Crippen molar-refractivity contribution in [1.29, 1.82) is 0 Å². The minimum Gasteiger partial charge on any atom is -0.452 e. The van der Waals surface area contributed by atoms with Crippen LogP contribution < -0.4 is 5.32 Å². The van der Waals surface area contributed by atoms with Crippen molar-refractivity contribution in [2.75, 3.05) is 13.3 Å². The molecule has 1 heterocycles. The molecule has 0 bridgehead atoms. The Hall–Kier alpha value is -2.44. The van der Waals surface area contributed by atoms with Crippen molar-refractivity contribution in [2.45, 2.75) is 51.5 Å². The van der Waals surface area contributed by atoms with Gasteiger partial charge in [-0.1, -0.05) is 29.8 Å². The van der Waals surface area contributed by atoms with Gasteiger partial charge in [0.1, 0.15) is 6.73 Å². The molecule has 0 spiro atoms. The lowest BCUT2D eigenvalue weighted by Gasteiger charge is -2.28. The molecule has 1 aromatic carbocycles. The third-order valence-electron chi connectivity index (χ3n) is 5.43. The summed E-state index contributed by atoms with van der Waals surface area (Å²) in [5.74, 6) is 0.147. The zero-order valence-electron chi connectivity index (χ0n) is 17.6. The predicted octanol–water partition coefficient (Wildman–Crippen LogP) is 2.94. The summed E-state index contributed by atoms with van der Waals surface area (Å²) in [7, 11) is 1.90. The van der Waals surface area contributed by atoms with Crippen molar-refractivity contribution in [3.8, 4) is 0 Å². The normalized spacial score (nSPS) is 13.1. The van der Waals surface area contributed by atoms with E-state index < -0.39 is 5.54 Å². The first kappa shape index (κ1) is 22.8. The summed E-state index contributed by atoms with van der Waals surface area (Å²) in [5.41, 5.74) is 3.68. The first-order valence-electron chi connectivity index (χ1n) is 10.0. The van der Waals surface area contributed by atoms with Crippen molar-refractivity contribution >= 4 is 12.3 Å². The molecule has 0 aliphatic carbocycles. The maximum absolute atomic E-state index is 12.6. The van der Waals surface area contributed by atoms with Gasteiger partial charge in [0.2, 0.25) is 0 Å². The highest BCUT2D eigenvalue weighted by molar-refractivity contribution is 5.94. The third-order valence-corrected chi connectivity index (χ3v) is 5.43. The standard InChI is InChI=1S/C23H32N2O4/c1-18-7-9-19(10-8-18)5-4-6-22(28)21-12-11-20(25(21)3)13-14-23(2,15-26)24-16-29-17-27/h7-12,17,24,26H,4-6,13-16H2,1-3H3/t23-/m1/s1. The smallest absolute Gasteiger partial charge is 0.294 e. The average Bonchev–Trinajstić information content (AvgIpc) is 3.08. The van der Waals surface area contributed by atoms with Crippen LogP contribution in [-0.2, 0) is 29.4 Å². The third kappa shape index (κ3) is 6.84. The fourth-order valence-electron chi connectivity index (χ4n) is 3.30. The number of benzene rings is 1. The van der Waals surface area contributed by atoms with E-state index in [1.165, 1.54) is 11.1 Å². The Bertz CT molecular complexity index is 798. The zero-order valence-corrected chi connectivity index (χ0v) is 17.6. The Morgan fingerprint density at radius 1 is 1.21 bits per heavy atom. The SMILES string of the molecule is Cc1ccc(CCCC(=O)c2ccc(CC[C@](C)(CO)NCOC=O)n2C)cc1. The van der Waals surface area contributed by atoms with Crippen LogP contribution in [0.25, 0.3) is 0 Å². The molecular formula is C23H32N2O4. The number of hydrogen-bond acceptors (Lipinski definition) is 5. The lowest BCUT2D eigenvalue weighted by molar-refractivity contribution is -0.130. The summed E-state index contributed by atoms with van der Waals surface area (Å²) in [4.78, 5) is 22.9. The number of hydrogen-bond donors (Lipinski definition) is 2. The summed E-state index contributed by atoms with van der Waals surface area (Å²) in [5, 5.41) is 12.7. The molecular weight excluding hydrogens is 368 g/mol. The fraction of sp³-hybridized carbons (Fsp3) is 0.478. The predicted molar refractivity (Wildman–Crippen MR) is 113 cm³/mol. The molecule has 29 heavy (non-hydrogen) atoms. The van der Waals surface area contributed by atoms with E-state index in [9.17, 15) is 14.7 Å². The van der Waals surface area contributed by atoms with Crippen molar-refractivity contribution in [2.24, 2.45) is 7.05 Å². The highest BCUT2D eigenvalue weighted by Crippen LogP contribution is 2.18. The van der Waals surface area contributed by atoms with Gasteiger partial charge < -0.3 is 14.4 Å². The lowest BCUT2D eigenvalue weighted by Crippen LogP contribution is -2.47. The molecule has 2 aromatic rings. The van der Waals surface area contributed by atoms with Crippen LogP contribution in [0, 0.1) is 6.92 Å². The van der Waals surface area contributed by atoms with Gasteiger partial charge in [-0.25, -0.2) is 0 Å². The van der Waals surface area contributed by atoms with Gasteiger partial charge in [0, 0.05) is 24.7 Å². The molecule has 158 valence electrons. The second kappa shape index (κ2) is 10.9. The number of aliphatic hydroxyl groups is 1. The number of nitrogens with one attached hydrogen (secondary N) is 1. The van der Waals surface area contributed by atoms with E-state index in [1.807, 2.05) is 30.7 Å². The average molecular weight is 401 g/mol. The molecule has 2 N–H and O–H groups in total. The zero-order chi connectivity index (χ0) is 21.3. The molecule has 2 rings (SSSR count). The summed E-state index contributed by atoms with van der Waals surface area (Å²) in [6, 6.07) is 12.3. The Morgan fingerprint density at radius 3 is 2.59 bits per heavy atom. The number of carbonyl (C=O) groups is 2. The van der Waals surface area contributed by atoms with E-state index in [0.717, 1.165) is 18.5 Å². The van der Waals surface area contributed by atoms with Gasteiger partial charge >= 0.3 is 0 Å². The van der Waals surface area contributed by atoms with Crippen LogP contribution in [0.5, 0.6) is 0 Å². The number of carbonyl (C=O) groups excluding carboxylic acids is 2. The Morgan fingerprint density at radius 2 is 1.93 bits per heavy atom. The Balaban J connectivity index is 1.87.